The molecular formula is C16H29N3. The molecule has 1 N–H and O–H groups in total. The van der Waals surface area contributed by atoms with E-state index >= 15 is 0 Å². The minimum Gasteiger partial charge on any atom is -0.303 e. The maximum atomic E-state index is 9.41. The van der Waals surface area contributed by atoms with Crippen molar-refractivity contribution in [3.05, 3.63) is 0 Å². The molecule has 3 nitrogen and oxygen atoms in total. The van der Waals surface area contributed by atoms with Gasteiger partial charge in [-0.05, 0) is 52.0 Å². The summed E-state index contributed by atoms with van der Waals surface area (Å²) in [5.41, 5.74) is -0.340. The molecule has 0 amide bonds. The molecule has 19 heavy (non-hydrogen) atoms. The Morgan fingerprint density at radius 3 is 2.53 bits per heavy atom. The highest BCUT2D eigenvalue weighted by atomic mass is 15.1. The van der Waals surface area contributed by atoms with Crippen LogP contribution in [0.2, 0.25) is 0 Å². The van der Waals surface area contributed by atoms with E-state index < -0.39 is 0 Å². The topological polar surface area (TPSA) is 39.1 Å². The van der Waals surface area contributed by atoms with Crippen molar-refractivity contribution in [3.63, 3.8) is 0 Å². The van der Waals surface area contributed by atoms with Crippen molar-refractivity contribution in [2.75, 3.05) is 13.6 Å². The lowest BCUT2D eigenvalue weighted by Crippen LogP contribution is -2.47. The van der Waals surface area contributed by atoms with Crippen LogP contribution in [0, 0.1) is 17.2 Å². The lowest BCUT2D eigenvalue weighted by molar-refractivity contribution is 0.131. The number of hydrogen-bond acceptors (Lipinski definition) is 3. The summed E-state index contributed by atoms with van der Waals surface area (Å²) in [5.74, 6) is 0.809. The summed E-state index contributed by atoms with van der Waals surface area (Å²) in [5, 5.41) is 12.9. The first kappa shape index (κ1) is 14.8. The van der Waals surface area contributed by atoms with Gasteiger partial charge >= 0.3 is 0 Å². The molecule has 108 valence electrons. The minimum absolute atomic E-state index is 0.340. The summed E-state index contributed by atoms with van der Waals surface area (Å²) in [7, 11) is 2.24. The van der Waals surface area contributed by atoms with Crippen LogP contribution in [-0.2, 0) is 0 Å². The molecule has 2 fully saturated rings. The minimum atomic E-state index is -0.340. The van der Waals surface area contributed by atoms with E-state index in [1.165, 1.54) is 38.5 Å². The van der Waals surface area contributed by atoms with Crippen molar-refractivity contribution >= 4 is 0 Å². The van der Waals surface area contributed by atoms with Crippen LogP contribution in [0.25, 0.3) is 0 Å². The smallest absolute Gasteiger partial charge is 0.105 e. The molecule has 3 heteroatoms. The molecule has 0 aliphatic heterocycles. The van der Waals surface area contributed by atoms with E-state index in [1.54, 1.807) is 0 Å². The predicted octanol–water partition coefficient (Wildman–Crippen LogP) is 2.92. The summed E-state index contributed by atoms with van der Waals surface area (Å²) in [6.45, 7) is 5.47. The second kappa shape index (κ2) is 6.24. The van der Waals surface area contributed by atoms with Gasteiger partial charge in [0.1, 0.15) is 5.54 Å². The average Bonchev–Trinajstić information content (AvgIpc) is 3.20. The maximum absolute atomic E-state index is 9.41. The van der Waals surface area contributed by atoms with E-state index in [1.807, 2.05) is 0 Å². The molecule has 2 rings (SSSR count). The molecule has 2 aliphatic carbocycles. The van der Waals surface area contributed by atoms with Gasteiger partial charge < -0.3 is 4.90 Å². The Hall–Kier alpha value is -0.590. The summed E-state index contributed by atoms with van der Waals surface area (Å²) in [6.07, 6.45) is 8.88. The number of nitrogens with zero attached hydrogens (tertiary/aromatic N) is 2. The van der Waals surface area contributed by atoms with Gasteiger partial charge in [-0.1, -0.05) is 19.8 Å². The Bertz CT molecular complexity index is 331. The fourth-order valence-electron chi connectivity index (χ4n) is 3.36. The van der Waals surface area contributed by atoms with Gasteiger partial charge in [-0.3, -0.25) is 5.32 Å². The summed E-state index contributed by atoms with van der Waals surface area (Å²) in [4.78, 5) is 2.49. The number of nitriles is 1. The van der Waals surface area contributed by atoms with Crippen LogP contribution in [0.15, 0.2) is 0 Å². The van der Waals surface area contributed by atoms with Crippen LogP contribution in [0.1, 0.15) is 58.8 Å². The third-order valence-corrected chi connectivity index (χ3v) is 4.94. The lowest BCUT2D eigenvalue weighted by atomic mass is 9.85. The van der Waals surface area contributed by atoms with Crippen molar-refractivity contribution in [3.8, 4) is 6.07 Å². The van der Waals surface area contributed by atoms with Crippen LogP contribution >= 0.6 is 0 Å². The second-order valence-electron chi connectivity index (χ2n) is 6.92. The highest BCUT2D eigenvalue weighted by Crippen LogP contribution is 2.28. The van der Waals surface area contributed by atoms with E-state index in [0.717, 1.165) is 24.9 Å². The van der Waals surface area contributed by atoms with Crippen molar-refractivity contribution in [1.29, 1.82) is 5.26 Å². The summed E-state index contributed by atoms with van der Waals surface area (Å²) >= 11 is 0. The monoisotopic (exact) mass is 263 g/mol. The van der Waals surface area contributed by atoms with E-state index in [2.05, 4.69) is 37.2 Å². The molecule has 0 aromatic heterocycles. The average molecular weight is 263 g/mol. The first-order valence-electron chi connectivity index (χ1n) is 7.93. The predicted molar refractivity (Wildman–Crippen MR) is 78.8 cm³/mol. The number of hydrogen-bond donors (Lipinski definition) is 1. The molecule has 0 aromatic carbocycles. The quantitative estimate of drug-likeness (QED) is 0.801. The SMILES string of the molecule is CC1CCCCC1N(C)CCC(C)(C#N)NC1CC1. The molecule has 3 unspecified atom stereocenters. The Morgan fingerprint density at radius 2 is 1.95 bits per heavy atom. The van der Waals surface area contributed by atoms with Gasteiger partial charge in [-0.25, -0.2) is 0 Å². The van der Waals surface area contributed by atoms with E-state index in [4.69, 9.17) is 0 Å². The van der Waals surface area contributed by atoms with E-state index in [0.29, 0.717) is 6.04 Å². The van der Waals surface area contributed by atoms with Crippen LogP contribution < -0.4 is 5.32 Å². The molecule has 2 aliphatic rings. The fraction of sp³-hybridized carbons (Fsp3) is 0.938. The van der Waals surface area contributed by atoms with Crippen molar-refractivity contribution < 1.29 is 0 Å². The van der Waals surface area contributed by atoms with Gasteiger partial charge in [0.25, 0.3) is 0 Å². The van der Waals surface area contributed by atoms with Crippen LogP contribution in [0.4, 0.5) is 0 Å². The van der Waals surface area contributed by atoms with Gasteiger partial charge in [0.15, 0.2) is 0 Å². The zero-order chi connectivity index (χ0) is 13.9. The third kappa shape index (κ3) is 4.19. The first-order valence-corrected chi connectivity index (χ1v) is 7.93. The molecule has 0 heterocycles. The highest BCUT2D eigenvalue weighted by Gasteiger charge is 2.33. The number of rotatable bonds is 6. The van der Waals surface area contributed by atoms with Crippen molar-refractivity contribution in [2.45, 2.75) is 76.4 Å². The Labute approximate surface area is 118 Å². The Kier molecular flexibility index (Phi) is 4.86. The molecule has 0 saturated heterocycles. The molecule has 0 bridgehead atoms. The van der Waals surface area contributed by atoms with Gasteiger partial charge in [0, 0.05) is 18.6 Å². The van der Waals surface area contributed by atoms with E-state index in [-0.39, 0.29) is 5.54 Å². The van der Waals surface area contributed by atoms with Gasteiger partial charge in [0.2, 0.25) is 0 Å². The first-order chi connectivity index (χ1) is 9.04. The Balaban J connectivity index is 1.80. The van der Waals surface area contributed by atoms with Gasteiger partial charge in [0.05, 0.1) is 6.07 Å². The van der Waals surface area contributed by atoms with Crippen molar-refractivity contribution in [1.82, 2.24) is 10.2 Å². The zero-order valence-corrected chi connectivity index (χ0v) is 12.8. The van der Waals surface area contributed by atoms with Crippen LogP contribution in [0.3, 0.4) is 0 Å². The van der Waals surface area contributed by atoms with Crippen molar-refractivity contribution in [2.24, 2.45) is 5.92 Å². The molecule has 0 aromatic rings. The molecular weight excluding hydrogens is 234 g/mol. The summed E-state index contributed by atoms with van der Waals surface area (Å²) < 4.78 is 0. The van der Waals surface area contributed by atoms with Gasteiger partial charge in [-0.15, -0.1) is 0 Å². The largest absolute Gasteiger partial charge is 0.303 e. The fourth-order valence-corrected chi connectivity index (χ4v) is 3.36. The standard InChI is InChI=1S/C16H29N3/c1-13-6-4-5-7-15(13)19(3)11-10-16(2,12-17)18-14-8-9-14/h13-15,18H,4-11H2,1-3H3. The normalized spacial score (nSPS) is 30.9. The second-order valence-corrected chi connectivity index (χ2v) is 6.92. The zero-order valence-electron chi connectivity index (χ0n) is 12.8. The Morgan fingerprint density at radius 1 is 1.26 bits per heavy atom. The molecule has 0 spiro atoms. The third-order valence-electron chi connectivity index (χ3n) is 4.94. The van der Waals surface area contributed by atoms with Crippen LogP contribution in [-0.4, -0.2) is 36.1 Å². The van der Waals surface area contributed by atoms with Gasteiger partial charge in [-0.2, -0.15) is 5.26 Å². The maximum Gasteiger partial charge on any atom is 0.105 e. The molecule has 2 saturated carbocycles. The molecule has 3 atom stereocenters. The lowest BCUT2D eigenvalue weighted by Gasteiger charge is -2.37. The summed E-state index contributed by atoms with van der Waals surface area (Å²) in [6, 6.07) is 3.80. The van der Waals surface area contributed by atoms with Crippen LogP contribution in [0.5, 0.6) is 0 Å². The molecule has 0 radical (unpaired) electrons. The van der Waals surface area contributed by atoms with E-state index in [9.17, 15) is 5.26 Å². The highest BCUT2D eigenvalue weighted by molar-refractivity contribution is 5.07. The number of nitrogens with one attached hydrogen (secondary N) is 1.